The zero-order valence-corrected chi connectivity index (χ0v) is 21.8. The standard InChI is InChI=1S/C24H50N4O3/c1-17(2)27-23(30)20(5)14-24(7,8)11-12-26-21(6)16-31-28(10)15-18(3)13-19(4)22(29)25-9/h17-21,26H,11-16H2,1-10H3,(H,25,29)(H,27,30). The Morgan fingerprint density at radius 2 is 1.61 bits per heavy atom. The molecule has 0 aromatic carbocycles. The summed E-state index contributed by atoms with van der Waals surface area (Å²) in [6.45, 7) is 18.9. The Kier molecular flexibility index (Phi) is 14.2. The van der Waals surface area contributed by atoms with E-state index in [0.29, 0.717) is 12.5 Å². The van der Waals surface area contributed by atoms with E-state index in [2.05, 4.69) is 43.6 Å². The normalized spacial score (nSPS) is 16.1. The first kappa shape index (κ1) is 29.8. The third kappa shape index (κ3) is 14.5. The average Bonchev–Trinajstić information content (AvgIpc) is 2.64. The van der Waals surface area contributed by atoms with Crippen molar-refractivity contribution in [2.24, 2.45) is 23.2 Å². The number of hydroxylamine groups is 2. The number of hydrogen-bond donors (Lipinski definition) is 3. The highest BCUT2D eigenvalue weighted by Gasteiger charge is 2.25. The molecule has 7 heteroatoms. The number of carbonyl (C=O) groups is 2. The average molecular weight is 443 g/mol. The zero-order valence-electron chi connectivity index (χ0n) is 21.8. The van der Waals surface area contributed by atoms with Crippen LogP contribution in [-0.4, -0.2) is 62.8 Å². The lowest BCUT2D eigenvalue weighted by atomic mass is 9.80. The Labute approximate surface area is 191 Å². The number of amides is 2. The van der Waals surface area contributed by atoms with Crippen molar-refractivity contribution in [1.29, 1.82) is 0 Å². The fraction of sp³-hybridized carbons (Fsp3) is 0.917. The van der Waals surface area contributed by atoms with Crippen molar-refractivity contribution in [2.45, 2.75) is 86.7 Å². The van der Waals surface area contributed by atoms with Crippen LogP contribution in [0.4, 0.5) is 0 Å². The SMILES string of the molecule is CNC(=O)C(C)CC(C)CN(C)OCC(C)NCCC(C)(C)CC(C)C(=O)NC(C)C. The second-order valence-corrected chi connectivity index (χ2v) is 10.5. The summed E-state index contributed by atoms with van der Waals surface area (Å²) in [5.74, 6) is 0.624. The predicted molar refractivity (Wildman–Crippen MR) is 129 cm³/mol. The van der Waals surface area contributed by atoms with E-state index in [9.17, 15) is 9.59 Å². The van der Waals surface area contributed by atoms with Gasteiger partial charge >= 0.3 is 0 Å². The minimum atomic E-state index is 0.0107. The summed E-state index contributed by atoms with van der Waals surface area (Å²) in [4.78, 5) is 29.7. The number of nitrogens with zero attached hydrogens (tertiary/aromatic N) is 1. The predicted octanol–water partition coefficient (Wildman–Crippen LogP) is 3.20. The maximum atomic E-state index is 12.2. The van der Waals surface area contributed by atoms with Crippen molar-refractivity contribution in [2.75, 3.05) is 33.8 Å². The Morgan fingerprint density at radius 1 is 1.00 bits per heavy atom. The summed E-state index contributed by atoms with van der Waals surface area (Å²) in [7, 11) is 3.62. The number of nitrogens with one attached hydrogen (secondary N) is 3. The van der Waals surface area contributed by atoms with E-state index in [4.69, 9.17) is 4.84 Å². The van der Waals surface area contributed by atoms with Crippen molar-refractivity contribution in [3.8, 4) is 0 Å². The van der Waals surface area contributed by atoms with Crippen LogP contribution < -0.4 is 16.0 Å². The van der Waals surface area contributed by atoms with Crippen LogP contribution in [-0.2, 0) is 14.4 Å². The Morgan fingerprint density at radius 3 is 2.16 bits per heavy atom. The molecule has 0 bridgehead atoms. The molecule has 0 saturated carbocycles. The lowest BCUT2D eigenvalue weighted by Crippen LogP contribution is -2.38. The monoisotopic (exact) mass is 442 g/mol. The summed E-state index contributed by atoms with van der Waals surface area (Å²) in [6.07, 6.45) is 2.71. The molecule has 0 rings (SSSR count). The molecule has 2 amide bonds. The topological polar surface area (TPSA) is 82.7 Å². The lowest BCUT2D eigenvalue weighted by molar-refractivity contribution is -0.152. The summed E-state index contributed by atoms with van der Waals surface area (Å²) in [5.41, 5.74) is 0.0923. The van der Waals surface area contributed by atoms with Crippen molar-refractivity contribution in [1.82, 2.24) is 21.0 Å². The maximum absolute atomic E-state index is 12.2. The maximum Gasteiger partial charge on any atom is 0.223 e. The molecular weight excluding hydrogens is 392 g/mol. The van der Waals surface area contributed by atoms with Crippen molar-refractivity contribution >= 4 is 11.8 Å². The van der Waals surface area contributed by atoms with Gasteiger partial charge < -0.3 is 16.0 Å². The van der Waals surface area contributed by atoms with E-state index in [1.54, 1.807) is 7.05 Å². The molecule has 4 atom stereocenters. The Balaban J connectivity index is 4.15. The molecule has 0 fully saturated rings. The molecule has 0 radical (unpaired) electrons. The van der Waals surface area contributed by atoms with Gasteiger partial charge in [0.2, 0.25) is 11.8 Å². The fourth-order valence-corrected chi connectivity index (χ4v) is 3.93. The summed E-state index contributed by atoms with van der Waals surface area (Å²) < 4.78 is 0. The highest BCUT2D eigenvalue weighted by atomic mass is 16.7. The van der Waals surface area contributed by atoms with Gasteiger partial charge in [-0.15, -0.1) is 0 Å². The first-order valence-electron chi connectivity index (χ1n) is 11.9. The molecule has 184 valence electrons. The van der Waals surface area contributed by atoms with Crippen LogP contribution in [0, 0.1) is 23.2 Å². The molecule has 0 aromatic heterocycles. The van der Waals surface area contributed by atoms with Gasteiger partial charge in [-0.25, -0.2) is 0 Å². The summed E-state index contributed by atoms with van der Waals surface area (Å²) in [5, 5.41) is 11.1. The molecule has 0 aliphatic carbocycles. The number of hydrogen-bond acceptors (Lipinski definition) is 5. The molecule has 7 nitrogen and oxygen atoms in total. The summed E-state index contributed by atoms with van der Waals surface area (Å²) in [6, 6.07) is 0.418. The van der Waals surface area contributed by atoms with Gasteiger partial charge in [-0.05, 0) is 57.9 Å². The lowest BCUT2D eigenvalue weighted by Gasteiger charge is -2.29. The minimum Gasteiger partial charge on any atom is -0.359 e. The second kappa shape index (κ2) is 14.8. The third-order valence-electron chi connectivity index (χ3n) is 5.60. The van der Waals surface area contributed by atoms with Crippen LogP contribution in [0.25, 0.3) is 0 Å². The van der Waals surface area contributed by atoms with Crippen LogP contribution in [0.2, 0.25) is 0 Å². The molecule has 3 N–H and O–H groups in total. The highest BCUT2D eigenvalue weighted by Crippen LogP contribution is 2.29. The molecule has 0 spiro atoms. The van der Waals surface area contributed by atoms with Crippen LogP contribution in [0.1, 0.15) is 74.7 Å². The quantitative estimate of drug-likeness (QED) is 0.320. The zero-order chi connectivity index (χ0) is 24.2. The fourth-order valence-electron chi connectivity index (χ4n) is 3.93. The van der Waals surface area contributed by atoms with Crippen LogP contribution in [0.5, 0.6) is 0 Å². The van der Waals surface area contributed by atoms with Crippen molar-refractivity contribution < 1.29 is 14.4 Å². The molecule has 0 aliphatic rings. The molecule has 4 unspecified atom stereocenters. The van der Waals surface area contributed by atoms with E-state index in [1.165, 1.54) is 0 Å². The summed E-state index contributed by atoms with van der Waals surface area (Å²) >= 11 is 0. The van der Waals surface area contributed by atoms with Crippen LogP contribution in [0.15, 0.2) is 0 Å². The molecule has 31 heavy (non-hydrogen) atoms. The smallest absolute Gasteiger partial charge is 0.223 e. The first-order chi connectivity index (χ1) is 14.3. The van der Waals surface area contributed by atoms with Gasteiger partial charge in [0.25, 0.3) is 0 Å². The molecule has 0 aromatic rings. The van der Waals surface area contributed by atoms with Gasteiger partial charge in [0.1, 0.15) is 0 Å². The van der Waals surface area contributed by atoms with E-state index in [-0.39, 0.29) is 41.1 Å². The largest absolute Gasteiger partial charge is 0.359 e. The molecule has 0 saturated heterocycles. The molecule has 0 aliphatic heterocycles. The number of rotatable bonds is 16. The third-order valence-corrected chi connectivity index (χ3v) is 5.60. The van der Waals surface area contributed by atoms with Gasteiger partial charge in [0.05, 0.1) is 6.61 Å². The van der Waals surface area contributed by atoms with Crippen molar-refractivity contribution in [3.05, 3.63) is 0 Å². The Bertz CT molecular complexity index is 525. The number of carbonyl (C=O) groups excluding carboxylic acids is 2. The van der Waals surface area contributed by atoms with Crippen LogP contribution >= 0.6 is 0 Å². The van der Waals surface area contributed by atoms with Gasteiger partial charge in [-0.2, -0.15) is 5.06 Å². The van der Waals surface area contributed by atoms with Gasteiger partial charge in [-0.3, -0.25) is 14.4 Å². The van der Waals surface area contributed by atoms with E-state index >= 15 is 0 Å². The second-order valence-electron chi connectivity index (χ2n) is 10.5. The van der Waals surface area contributed by atoms with E-state index in [1.807, 2.05) is 39.8 Å². The van der Waals surface area contributed by atoms with Gasteiger partial charge in [-0.1, -0.05) is 34.6 Å². The molecular formula is C24H50N4O3. The minimum absolute atomic E-state index is 0.0107. The highest BCUT2D eigenvalue weighted by molar-refractivity contribution is 5.78. The Hall–Kier alpha value is -1.18. The first-order valence-corrected chi connectivity index (χ1v) is 11.9. The van der Waals surface area contributed by atoms with Gasteiger partial charge in [0, 0.05) is 44.6 Å². The van der Waals surface area contributed by atoms with Gasteiger partial charge in [0.15, 0.2) is 0 Å². The van der Waals surface area contributed by atoms with E-state index in [0.717, 1.165) is 32.4 Å². The van der Waals surface area contributed by atoms with Crippen molar-refractivity contribution in [3.63, 3.8) is 0 Å². The van der Waals surface area contributed by atoms with E-state index < -0.39 is 0 Å². The molecule has 0 heterocycles. The van der Waals surface area contributed by atoms with Crippen LogP contribution in [0.3, 0.4) is 0 Å².